The minimum Gasteiger partial charge on any atom is -0.0654 e. The minimum atomic E-state index is 0.923. The molecule has 0 aliphatic rings. The normalized spacial score (nSPS) is 16.4. The van der Waals surface area contributed by atoms with E-state index in [4.69, 9.17) is 0 Å². The van der Waals surface area contributed by atoms with Crippen molar-refractivity contribution in [2.45, 2.75) is 59.8 Å². The number of unbranched alkanes of at least 4 members (excludes halogenated alkanes) is 2. The van der Waals surface area contributed by atoms with Crippen molar-refractivity contribution in [1.82, 2.24) is 0 Å². The fourth-order valence-corrected chi connectivity index (χ4v) is 1.40. The molecule has 0 radical (unpaired) electrons. The Kier molecular flexibility index (Phi) is 6.69. The molecule has 0 aromatic carbocycles. The molecule has 0 aliphatic carbocycles. The molecule has 0 heterocycles. The fourth-order valence-electron chi connectivity index (χ4n) is 1.40. The Labute approximate surface area is 72.4 Å². The monoisotopic (exact) mass is 156 g/mol. The van der Waals surface area contributed by atoms with Crippen molar-refractivity contribution < 1.29 is 0 Å². The van der Waals surface area contributed by atoms with Crippen LogP contribution in [0, 0.1) is 11.8 Å². The van der Waals surface area contributed by atoms with Crippen LogP contribution in [-0.4, -0.2) is 0 Å². The zero-order valence-electron chi connectivity index (χ0n) is 8.69. The zero-order valence-corrected chi connectivity index (χ0v) is 8.69. The van der Waals surface area contributed by atoms with Gasteiger partial charge in [-0.25, -0.2) is 0 Å². The molecule has 0 aromatic heterocycles. The summed E-state index contributed by atoms with van der Waals surface area (Å²) < 4.78 is 0. The van der Waals surface area contributed by atoms with E-state index in [9.17, 15) is 0 Å². The first-order valence-corrected chi connectivity index (χ1v) is 5.22. The lowest BCUT2D eigenvalue weighted by Crippen LogP contribution is -2.06. The van der Waals surface area contributed by atoms with Crippen LogP contribution < -0.4 is 0 Å². The Morgan fingerprint density at radius 3 is 2.00 bits per heavy atom. The summed E-state index contributed by atoms with van der Waals surface area (Å²) in [5.41, 5.74) is 0. The molecule has 0 spiro atoms. The van der Waals surface area contributed by atoms with Crippen molar-refractivity contribution in [3.63, 3.8) is 0 Å². The molecule has 0 aromatic rings. The summed E-state index contributed by atoms with van der Waals surface area (Å²) >= 11 is 0. The predicted molar refractivity (Wildman–Crippen MR) is 52.8 cm³/mol. The van der Waals surface area contributed by atoms with Crippen LogP contribution in [0.5, 0.6) is 0 Å². The molecule has 0 nitrogen and oxygen atoms in total. The summed E-state index contributed by atoms with van der Waals surface area (Å²) in [6.45, 7) is 9.33. The van der Waals surface area contributed by atoms with Gasteiger partial charge in [-0.05, 0) is 11.8 Å². The van der Waals surface area contributed by atoms with Gasteiger partial charge in [-0.1, -0.05) is 59.8 Å². The molecule has 0 rings (SSSR count). The summed E-state index contributed by atoms with van der Waals surface area (Å²) in [5, 5.41) is 0. The van der Waals surface area contributed by atoms with Crippen molar-refractivity contribution in [2.24, 2.45) is 11.8 Å². The van der Waals surface area contributed by atoms with Crippen LogP contribution in [0.3, 0.4) is 0 Å². The highest BCUT2D eigenvalue weighted by molar-refractivity contribution is 4.59. The molecule has 0 bridgehead atoms. The van der Waals surface area contributed by atoms with E-state index in [1.807, 2.05) is 0 Å². The van der Waals surface area contributed by atoms with Gasteiger partial charge in [0, 0.05) is 0 Å². The van der Waals surface area contributed by atoms with Gasteiger partial charge in [0.1, 0.15) is 0 Å². The lowest BCUT2D eigenvalue weighted by molar-refractivity contribution is 0.344. The maximum atomic E-state index is 2.39. The van der Waals surface area contributed by atoms with Gasteiger partial charge in [-0.2, -0.15) is 0 Å². The molecule has 0 heteroatoms. The first-order valence-electron chi connectivity index (χ1n) is 5.22. The van der Waals surface area contributed by atoms with Gasteiger partial charge >= 0.3 is 0 Å². The summed E-state index contributed by atoms with van der Waals surface area (Å²) in [6.07, 6.45) is 6.98. The molecule has 0 fully saturated rings. The van der Waals surface area contributed by atoms with Crippen LogP contribution in [0.15, 0.2) is 0 Å². The molecule has 0 saturated carbocycles. The molecular weight excluding hydrogens is 132 g/mol. The highest BCUT2D eigenvalue weighted by Crippen LogP contribution is 2.20. The second-order valence-electron chi connectivity index (χ2n) is 3.86. The Balaban J connectivity index is 3.28. The number of hydrogen-bond acceptors (Lipinski definition) is 0. The van der Waals surface area contributed by atoms with Gasteiger partial charge < -0.3 is 0 Å². The third-order valence-electron chi connectivity index (χ3n) is 2.88. The van der Waals surface area contributed by atoms with E-state index in [0.717, 1.165) is 11.8 Å². The smallest absolute Gasteiger partial charge is 0.0417 e. The number of hydrogen-bond donors (Lipinski definition) is 0. The van der Waals surface area contributed by atoms with Crippen molar-refractivity contribution in [3.8, 4) is 0 Å². The van der Waals surface area contributed by atoms with Gasteiger partial charge in [-0.15, -0.1) is 0 Å². The van der Waals surface area contributed by atoms with Gasteiger partial charge in [-0.3, -0.25) is 0 Å². The average Bonchev–Trinajstić information content (AvgIpc) is 2.03. The van der Waals surface area contributed by atoms with E-state index in [2.05, 4.69) is 27.7 Å². The quantitative estimate of drug-likeness (QED) is 0.504. The largest absolute Gasteiger partial charge is 0.0654 e. The molecule has 0 N–H and O–H groups in total. The molecule has 11 heavy (non-hydrogen) atoms. The van der Waals surface area contributed by atoms with E-state index < -0.39 is 0 Å². The second-order valence-corrected chi connectivity index (χ2v) is 3.86. The first kappa shape index (κ1) is 11.0. The van der Waals surface area contributed by atoms with Crippen LogP contribution in [-0.2, 0) is 0 Å². The van der Waals surface area contributed by atoms with Crippen LogP contribution >= 0.6 is 0 Å². The molecule has 2 atom stereocenters. The van der Waals surface area contributed by atoms with Crippen LogP contribution in [0.1, 0.15) is 59.8 Å². The molecule has 0 aliphatic heterocycles. The van der Waals surface area contributed by atoms with Crippen molar-refractivity contribution in [3.05, 3.63) is 0 Å². The predicted octanol–water partition coefficient (Wildman–Crippen LogP) is 4.25. The van der Waals surface area contributed by atoms with Gasteiger partial charge in [0.2, 0.25) is 0 Å². The third kappa shape index (κ3) is 5.29. The lowest BCUT2D eigenvalue weighted by Gasteiger charge is -2.17. The highest BCUT2D eigenvalue weighted by atomic mass is 14.1. The Morgan fingerprint density at radius 1 is 0.909 bits per heavy atom. The summed E-state index contributed by atoms with van der Waals surface area (Å²) in [7, 11) is 0. The number of rotatable bonds is 6. The van der Waals surface area contributed by atoms with E-state index in [1.165, 1.54) is 32.1 Å². The Morgan fingerprint density at radius 2 is 1.55 bits per heavy atom. The Bertz CT molecular complexity index is 76.1. The van der Waals surface area contributed by atoms with Crippen LogP contribution in [0.4, 0.5) is 0 Å². The minimum absolute atomic E-state index is 0.923. The maximum absolute atomic E-state index is 2.39. The van der Waals surface area contributed by atoms with Crippen molar-refractivity contribution >= 4 is 0 Å². The first-order chi connectivity index (χ1) is 5.22. The van der Waals surface area contributed by atoms with E-state index in [0.29, 0.717) is 0 Å². The Hall–Kier alpha value is 0. The van der Waals surface area contributed by atoms with Gasteiger partial charge in [0.05, 0.1) is 0 Å². The van der Waals surface area contributed by atoms with Crippen LogP contribution in [0.2, 0.25) is 0 Å². The molecule has 0 saturated heterocycles. The maximum Gasteiger partial charge on any atom is -0.0417 e. The van der Waals surface area contributed by atoms with Gasteiger partial charge in [0.25, 0.3) is 0 Å². The van der Waals surface area contributed by atoms with E-state index >= 15 is 0 Å². The molecular formula is C11H24. The topological polar surface area (TPSA) is 0 Å². The van der Waals surface area contributed by atoms with Crippen molar-refractivity contribution in [1.29, 1.82) is 0 Å². The molecule has 68 valence electrons. The summed E-state index contributed by atoms with van der Waals surface area (Å²) in [4.78, 5) is 0. The standard InChI is InChI=1S/C11H24/c1-5-7-8-9-11(4)10(3)6-2/h10-11H,5-9H2,1-4H3/t10?,11-/m0/s1. The molecule has 1 unspecified atom stereocenters. The fraction of sp³-hybridized carbons (Fsp3) is 1.00. The van der Waals surface area contributed by atoms with Crippen LogP contribution in [0.25, 0.3) is 0 Å². The van der Waals surface area contributed by atoms with Gasteiger partial charge in [0.15, 0.2) is 0 Å². The molecule has 0 amide bonds. The summed E-state index contributed by atoms with van der Waals surface area (Å²) in [6, 6.07) is 0. The van der Waals surface area contributed by atoms with E-state index in [1.54, 1.807) is 0 Å². The average molecular weight is 156 g/mol. The zero-order chi connectivity index (χ0) is 8.69. The second kappa shape index (κ2) is 6.69. The lowest BCUT2D eigenvalue weighted by atomic mass is 9.89. The van der Waals surface area contributed by atoms with E-state index in [-0.39, 0.29) is 0 Å². The summed E-state index contributed by atoms with van der Waals surface area (Å²) in [5.74, 6) is 1.86. The highest BCUT2D eigenvalue weighted by Gasteiger charge is 2.08. The third-order valence-corrected chi connectivity index (χ3v) is 2.88. The van der Waals surface area contributed by atoms with Crippen molar-refractivity contribution in [2.75, 3.05) is 0 Å². The SMILES string of the molecule is CCCCC[C@H](C)C(C)CC.